The van der Waals surface area contributed by atoms with Gasteiger partial charge in [-0.15, -0.1) is 0 Å². The molecule has 36 valence electrons. The molecular formula is C4H9ClSi. The van der Waals surface area contributed by atoms with E-state index in [4.69, 9.17) is 11.1 Å². The summed E-state index contributed by atoms with van der Waals surface area (Å²) < 4.78 is 0. The zero-order valence-corrected chi connectivity index (χ0v) is 6.33. The van der Waals surface area contributed by atoms with Gasteiger partial charge in [-0.05, 0) is 13.8 Å². The third-order valence-corrected chi connectivity index (χ3v) is 2.80. The fraction of sp³-hybridized carbons (Fsp3) is 0.500. The molecule has 0 aliphatic rings. The van der Waals surface area contributed by atoms with Crippen molar-refractivity contribution in [2.75, 3.05) is 0 Å². The van der Waals surface area contributed by atoms with Gasteiger partial charge in [-0.1, -0.05) is 11.3 Å². The fourth-order valence-corrected chi connectivity index (χ4v) is 0.694. The zero-order valence-electron chi connectivity index (χ0n) is 4.16. The first-order valence-electron chi connectivity index (χ1n) is 1.99. The van der Waals surface area contributed by atoms with E-state index in [0.29, 0.717) is 0 Å². The van der Waals surface area contributed by atoms with Crippen molar-refractivity contribution < 1.29 is 0 Å². The quantitative estimate of drug-likeness (QED) is 0.361. The van der Waals surface area contributed by atoms with Gasteiger partial charge in [-0.25, -0.2) is 0 Å². The van der Waals surface area contributed by atoms with E-state index < -0.39 is 0 Å². The maximum atomic E-state index is 5.52. The number of hydrogen-bond acceptors (Lipinski definition) is 0. The lowest BCUT2D eigenvalue weighted by Crippen LogP contribution is -1.76. The van der Waals surface area contributed by atoms with Gasteiger partial charge >= 0.3 is 0 Å². The molecule has 0 saturated carbocycles. The Bertz CT molecular complexity index is 58.6. The Morgan fingerprint density at radius 1 is 1.83 bits per heavy atom. The largest absolute Gasteiger partial charge is 0.170 e. The molecule has 0 atom stereocenters. The Balaban J connectivity index is 3.22. The molecule has 0 saturated heterocycles. The fourth-order valence-electron chi connectivity index (χ4n) is 0.0772. The molecule has 2 heteroatoms. The monoisotopic (exact) mass is 120 g/mol. The van der Waals surface area contributed by atoms with Crippen molar-refractivity contribution in [2.45, 2.75) is 13.8 Å². The Morgan fingerprint density at radius 3 is 2.33 bits per heavy atom. The summed E-state index contributed by atoms with van der Waals surface area (Å²) in [6, 6.07) is 0. The molecule has 0 aliphatic carbocycles. The molecule has 0 rings (SSSR count). The van der Waals surface area contributed by atoms with Crippen LogP contribution in [0.25, 0.3) is 0 Å². The van der Waals surface area contributed by atoms with Gasteiger partial charge in [0.15, 0.2) is 8.83 Å². The minimum atomic E-state index is -0.328. The third-order valence-electron chi connectivity index (χ3n) is 0.704. The van der Waals surface area contributed by atoms with Crippen molar-refractivity contribution in [3.8, 4) is 0 Å². The maximum Gasteiger partial charge on any atom is 0.151 e. The lowest BCUT2D eigenvalue weighted by Gasteiger charge is -1.81. The Labute approximate surface area is 45.7 Å². The topological polar surface area (TPSA) is 0 Å². The first kappa shape index (κ1) is 6.25. The standard InChI is InChI=1S/C4H9ClSi/c1-3-4(2)6-5/h3H,6H2,1-2H3/b4-3-. The van der Waals surface area contributed by atoms with Crippen LogP contribution in [0.1, 0.15) is 13.8 Å². The molecule has 0 fully saturated rings. The minimum Gasteiger partial charge on any atom is -0.170 e. The van der Waals surface area contributed by atoms with Crippen molar-refractivity contribution in [3.63, 3.8) is 0 Å². The average Bonchev–Trinajstić information content (AvgIpc) is 1.65. The van der Waals surface area contributed by atoms with Crippen LogP contribution in [0.15, 0.2) is 11.3 Å². The summed E-state index contributed by atoms with van der Waals surface area (Å²) in [6.45, 7) is 4.09. The van der Waals surface area contributed by atoms with Crippen LogP contribution in [0.2, 0.25) is 0 Å². The number of rotatable bonds is 1. The summed E-state index contributed by atoms with van der Waals surface area (Å²) in [6.07, 6.45) is 2.07. The van der Waals surface area contributed by atoms with Crippen LogP contribution in [0.5, 0.6) is 0 Å². The van der Waals surface area contributed by atoms with E-state index in [-0.39, 0.29) is 8.83 Å². The van der Waals surface area contributed by atoms with Gasteiger partial charge < -0.3 is 0 Å². The predicted molar refractivity (Wildman–Crippen MR) is 33.8 cm³/mol. The molecule has 0 aromatic carbocycles. The number of hydrogen-bond donors (Lipinski definition) is 0. The van der Waals surface area contributed by atoms with Gasteiger partial charge in [0.2, 0.25) is 0 Å². The highest BCUT2D eigenvalue weighted by molar-refractivity contribution is 6.97. The lowest BCUT2D eigenvalue weighted by molar-refractivity contribution is 1.58. The van der Waals surface area contributed by atoms with Crippen molar-refractivity contribution in [1.29, 1.82) is 0 Å². The molecule has 0 spiro atoms. The third kappa shape index (κ3) is 2.48. The van der Waals surface area contributed by atoms with Gasteiger partial charge in [0, 0.05) is 0 Å². The molecule has 0 unspecified atom stereocenters. The molecule has 0 N–H and O–H groups in total. The number of allylic oxidation sites excluding steroid dienone is 2. The summed E-state index contributed by atoms with van der Waals surface area (Å²) in [7, 11) is -0.328. The summed E-state index contributed by atoms with van der Waals surface area (Å²) >= 11 is 5.52. The molecular weight excluding hydrogens is 112 g/mol. The maximum absolute atomic E-state index is 5.52. The molecule has 0 aromatic rings. The van der Waals surface area contributed by atoms with E-state index in [1.165, 1.54) is 5.20 Å². The summed E-state index contributed by atoms with van der Waals surface area (Å²) in [5.74, 6) is 0. The van der Waals surface area contributed by atoms with Crippen molar-refractivity contribution in [2.24, 2.45) is 0 Å². The van der Waals surface area contributed by atoms with Crippen LogP contribution in [0.3, 0.4) is 0 Å². The first-order chi connectivity index (χ1) is 2.81. The SMILES string of the molecule is C/C=C(/C)[SiH2]Cl. The highest BCUT2D eigenvalue weighted by Crippen LogP contribution is 1.88. The predicted octanol–water partition coefficient (Wildman–Crippen LogP) is 1.23. The molecule has 0 aromatic heterocycles. The van der Waals surface area contributed by atoms with Gasteiger partial charge in [-0.3, -0.25) is 0 Å². The van der Waals surface area contributed by atoms with Crippen LogP contribution in [-0.4, -0.2) is 8.83 Å². The van der Waals surface area contributed by atoms with E-state index >= 15 is 0 Å². The van der Waals surface area contributed by atoms with E-state index in [2.05, 4.69) is 13.0 Å². The van der Waals surface area contributed by atoms with E-state index in [1.807, 2.05) is 6.92 Å². The highest BCUT2D eigenvalue weighted by Gasteiger charge is 1.77. The second-order valence-corrected chi connectivity index (χ2v) is 3.45. The second kappa shape index (κ2) is 3.44. The van der Waals surface area contributed by atoms with Crippen molar-refractivity contribution in [3.05, 3.63) is 11.3 Å². The van der Waals surface area contributed by atoms with Crippen LogP contribution in [0, 0.1) is 0 Å². The second-order valence-electron chi connectivity index (χ2n) is 1.27. The summed E-state index contributed by atoms with van der Waals surface area (Å²) in [5.41, 5.74) is 0. The Hall–Kier alpha value is 0.247. The van der Waals surface area contributed by atoms with Gasteiger partial charge in [0.05, 0.1) is 0 Å². The van der Waals surface area contributed by atoms with Crippen LogP contribution < -0.4 is 0 Å². The van der Waals surface area contributed by atoms with Gasteiger partial charge in [0.1, 0.15) is 0 Å². The Morgan fingerprint density at radius 2 is 2.33 bits per heavy atom. The van der Waals surface area contributed by atoms with Crippen LogP contribution in [-0.2, 0) is 0 Å². The van der Waals surface area contributed by atoms with Gasteiger partial charge in [0.25, 0.3) is 0 Å². The molecule has 0 heterocycles. The smallest absolute Gasteiger partial charge is 0.151 e. The summed E-state index contributed by atoms with van der Waals surface area (Å²) in [4.78, 5) is 0. The normalized spacial score (nSPS) is 14.2. The Kier molecular flexibility index (Phi) is 3.58. The van der Waals surface area contributed by atoms with Crippen LogP contribution in [0.4, 0.5) is 0 Å². The van der Waals surface area contributed by atoms with E-state index in [1.54, 1.807) is 0 Å². The molecule has 6 heavy (non-hydrogen) atoms. The highest BCUT2D eigenvalue weighted by atomic mass is 35.6. The molecule has 0 aliphatic heterocycles. The van der Waals surface area contributed by atoms with Crippen LogP contribution >= 0.6 is 11.1 Å². The number of halogens is 1. The first-order valence-corrected chi connectivity index (χ1v) is 4.83. The van der Waals surface area contributed by atoms with Crippen molar-refractivity contribution in [1.82, 2.24) is 0 Å². The van der Waals surface area contributed by atoms with E-state index in [0.717, 1.165) is 0 Å². The van der Waals surface area contributed by atoms with Crippen molar-refractivity contribution >= 4 is 19.9 Å². The minimum absolute atomic E-state index is 0.328. The van der Waals surface area contributed by atoms with E-state index in [9.17, 15) is 0 Å². The zero-order chi connectivity index (χ0) is 4.99. The lowest BCUT2D eigenvalue weighted by atomic mass is 10.6. The molecule has 0 amide bonds. The summed E-state index contributed by atoms with van der Waals surface area (Å²) in [5, 5.41) is 1.37. The average molecular weight is 121 g/mol. The molecule has 0 bridgehead atoms. The molecule has 0 nitrogen and oxygen atoms in total. The van der Waals surface area contributed by atoms with Gasteiger partial charge in [-0.2, -0.15) is 11.1 Å². The molecule has 0 radical (unpaired) electrons.